The Bertz CT molecular complexity index is 612. The van der Waals surface area contributed by atoms with Crippen molar-refractivity contribution in [2.45, 2.75) is 18.9 Å². The molecule has 0 spiro atoms. The summed E-state index contributed by atoms with van der Waals surface area (Å²) in [6.45, 7) is 0.0754. The van der Waals surface area contributed by atoms with Gasteiger partial charge in [0.25, 0.3) is 5.91 Å². The topological polar surface area (TPSA) is 49.3 Å². The first-order valence-electron chi connectivity index (χ1n) is 7.04. The summed E-state index contributed by atoms with van der Waals surface area (Å²) in [5, 5.41) is 12.6. The van der Waals surface area contributed by atoms with Crippen molar-refractivity contribution in [1.29, 1.82) is 0 Å². The molecule has 0 saturated carbocycles. The predicted octanol–water partition coefficient (Wildman–Crippen LogP) is 4.24. The van der Waals surface area contributed by atoms with Crippen LogP contribution in [-0.2, 0) is 0 Å². The molecule has 2 N–H and O–H groups in total. The number of amides is 1. The van der Waals surface area contributed by atoms with Crippen LogP contribution in [0.1, 0.15) is 34.8 Å². The summed E-state index contributed by atoms with van der Waals surface area (Å²) in [5.74, 6) is -0.317. The van der Waals surface area contributed by atoms with Gasteiger partial charge in [0.05, 0.1) is 21.7 Å². The molecule has 0 aromatic heterocycles. The van der Waals surface area contributed by atoms with Gasteiger partial charge in [-0.25, -0.2) is 0 Å². The minimum absolute atomic E-state index is 0.0754. The number of hydrogen-bond donors (Lipinski definition) is 2. The maximum atomic E-state index is 12.5. The molecule has 0 unspecified atom stereocenters. The molecule has 0 aliphatic rings. The number of carbonyl (C=O) groups excluding carboxylic acids is 1. The molecule has 2 rings (SSSR count). The van der Waals surface area contributed by atoms with E-state index in [0.717, 1.165) is 5.56 Å². The molecular formula is C17H17Cl2NO2. The summed E-state index contributed by atoms with van der Waals surface area (Å²) >= 11 is 12.1. The largest absolute Gasteiger partial charge is 0.396 e. The molecule has 2 aromatic rings. The molecule has 0 heterocycles. The van der Waals surface area contributed by atoms with E-state index in [1.807, 2.05) is 30.3 Å². The quantitative estimate of drug-likeness (QED) is 0.828. The maximum absolute atomic E-state index is 12.5. The van der Waals surface area contributed by atoms with Crippen molar-refractivity contribution in [3.63, 3.8) is 0 Å². The highest BCUT2D eigenvalue weighted by Gasteiger charge is 2.19. The minimum atomic E-state index is -0.317. The Morgan fingerprint density at radius 3 is 2.27 bits per heavy atom. The maximum Gasteiger partial charge on any atom is 0.254 e. The zero-order valence-corrected chi connectivity index (χ0v) is 13.4. The van der Waals surface area contributed by atoms with Crippen LogP contribution in [-0.4, -0.2) is 17.6 Å². The van der Waals surface area contributed by atoms with Gasteiger partial charge in [-0.2, -0.15) is 0 Å². The molecule has 0 aliphatic heterocycles. The Hall–Kier alpha value is -1.55. The van der Waals surface area contributed by atoms with E-state index in [-0.39, 0.29) is 24.1 Å². The summed E-state index contributed by atoms with van der Waals surface area (Å²) in [7, 11) is 0. The lowest BCUT2D eigenvalue weighted by molar-refractivity contribution is 0.0932. The van der Waals surface area contributed by atoms with Gasteiger partial charge >= 0.3 is 0 Å². The number of carbonyl (C=O) groups is 1. The van der Waals surface area contributed by atoms with Crippen LogP contribution < -0.4 is 5.32 Å². The highest BCUT2D eigenvalue weighted by molar-refractivity contribution is 6.39. The standard InChI is InChI=1S/C17H17Cl2NO2/c18-13-8-4-9-14(19)16(13)17(22)20-15(10-5-11-21)12-6-2-1-3-7-12/h1-4,6-9,15,21H,5,10-11H2,(H,20,22)/t15-/m0/s1. The van der Waals surface area contributed by atoms with Gasteiger partial charge < -0.3 is 10.4 Å². The molecule has 0 fully saturated rings. The smallest absolute Gasteiger partial charge is 0.254 e. The number of nitrogens with one attached hydrogen (secondary N) is 1. The molecule has 22 heavy (non-hydrogen) atoms. The first-order chi connectivity index (χ1) is 10.6. The van der Waals surface area contributed by atoms with E-state index in [9.17, 15) is 4.79 Å². The predicted molar refractivity (Wildman–Crippen MR) is 89.4 cm³/mol. The fraction of sp³-hybridized carbons (Fsp3) is 0.235. The van der Waals surface area contributed by atoms with Crippen molar-refractivity contribution in [1.82, 2.24) is 5.32 Å². The van der Waals surface area contributed by atoms with Crippen molar-refractivity contribution in [3.05, 3.63) is 69.7 Å². The first-order valence-corrected chi connectivity index (χ1v) is 7.79. The van der Waals surface area contributed by atoms with Gasteiger partial charge in [0.2, 0.25) is 0 Å². The highest BCUT2D eigenvalue weighted by Crippen LogP contribution is 2.26. The zero-order chi connectivity index (χ0) is 15.9. The molecule has 0 bridgehead atoms. The van der Waals surface area contributed by atoms with Gasteiger partial charge in [0.15, 0.2) is 0 Å². The number of hydrogen-bond acceptors (Lipinski definition) is 2. The van der Waals surface area contributed by atoms with Gasteiger partial charge in [0, 0.05) is 6.61 Å². The van der Waals surface area contributed by atoms with Crippen molar-refractivity contribution >= 4 is 29.1 Å². The molecule has 0 radical (unpaired) electrons. The fourth-order valence-corrected chi connectivity index (χ4v) is 2.82. The van der Waals surface area contributed by atoms with Crippen LogP contribution in [0.5, 0.6) is 0 Å². The van der Waals surface area contributed by atoms with Crippen LogP contribution in [0.3, 0.4) is 0 Å². The second kappa shape index (κ2) is 8.18. The van der Waals surface area contributed by atoms with Crippen LogP contribution >= 0.6 is 23.2 Å². The minimum Gasteiger partial charge on any atom is -0.396 e. The van der Waals surface area contributed by atoms with Crippen LogP contribution in [0, 0.1) is 0 Å². The van der Waals surface area contributed by atoms with E-state index in [1.165, 1.54) is 0 Å². The summed E-state index contributed by atoms with van der Waals surface area (Å²) < 4.78 is 0. The van der Waals surface area contributed by atoms with E-state index in [2.05, 4.69) is 5.32 Å². The third kappa shape index (κ3) is 4.23. The lowest BCUT2D eigenvalue weighted by Gasteiger charge is -2.19. The monoisotopic (exact) mass is 337 g/mol. The molecular weight excluding hydrogens is 321 g/mol. The van der Waals surface area contributed by atoms with Gasteiger partial charge in [0.1, 0.15) is 0 Å². The molecule has 116 valence electrons. The van der Waals surface area contributed by atoms with Crippen molar-refractivity contribution in [2.75, 3.05) is 6.61 Å². The molecule has 1 amide bonds. The second-order valence-corrected chi connectivity index (χ2v) is 5.71. The highest BCUT2D eigenvalue weighted by atomic mass is 35.5. The average Bonchev–Trinajstić information content (AvgIpc) is 2.52. The van der Waals surface area contributed by atoms with Crippen LogP contribution in [0.15, 0.2) is 48.5 Å². The van der Waals surface area contributed by atoms with Crippen LogP contribution in [0.25, 0.3) is 0 Å². The van der Waals surface area contributed by atoms with Crippen molar-refractivity contribution in [3.8, 4) is 0 Å². The Morgan fingerprint density at radius 1 is 1.05 bits per heavy atom. The number of aliphatic hydroxyl groups is 1. The van der Waals surface area contributed by atoms with E-state index in [0.29, 0.717) is 22.9 Å². The molecule has 0 saturated heterocycles. The molecule has 1 atom stereocenters. The Balaban J connectivity index is 2.21. The molecule has 3 nitrogen and oxygen atoms in total. The normalized spacial score (nSPS) is 12.0. The third-order valence-corrected chi connectivity index (χ3v) is 3.98. The summed E-state index contributed by atoms with van der Waals surface area (Å²) in [4.78, 5) is 12.5. The molecule has 5 heteroatoms. The lowest BCUT2D eigenvalue weighted by atomic mass is 10.0. The van der Waals surface area contributed by atoms with E-state index < -0.39 is 0 Å². The lowest BCUT2D eigenvalue weighted by Crippen LogP contribution is -2.29. The zero-order valence-electron chi connectivity index (χ0n) is 11.9. The SMILES string of the molecule is O=C(N[C@@H](CCCO)c1ccccc1)c1c(Cl)cccc1Cl. The summed E-state index contributed by atoms with van der Waals surface area (Å²) in [5.41, 5.74) is 1.25. The second-order valence-electron chi connectivity index (χ2n) is 4.90. The number of aliphatic hydroxyl groups excluding tert-OH is 1. The summed E-state index contributed by atoms with van der Waals surface area (Å²) in [6, 6.07) is 14.4. The Kier molecular flexibility index (Phi) is 6.25. The Labute approximate surface area is 139 Å². The van der Waals surface area contributed by atoms with Crippen LogP contribution in [0.4, 0.5) is 0 Å². The first kappa shape index (κ1) is 16.8. The van der Waals surface area contributed by atoms with E-state index in [1.54, 1.807) is 18.2 Å². The van der Waals surface area contributed by atoms with Gasteiger partial charge in [-0.05, 0) is 30.5 Å². The molecule has 0 aliphatic carbocycles. The molecule has 2 aromatic carbocycles. The van der Waals surface area contributed by atoms with Crippen molar-refractivity contribution in [2.24, 2.45) is 0 Å². The van der Waals surface area contributed by atoms with Gasteiger partial charge in [-0.3, -0.25) is 4.79 Å². The van der Waals surface area contributed by atoms with E-state index >= 15 is 0 Å². The third-order valence-electron chi connectivity index (χ3n) is 3.35. The average molecular weight is 338 g/mol. The summed E-state index contributed by atoms with van der Waals surface area (Å²) in [6.07, 6.45) is 1.23. The van der Waals surface area contributed by atoms with Gasteiger partial charge in [-0.15, -0.1) is 0 Å². The van der Waals surface area contributed by atoms with Gasteiger partial charge in [-0.1, -0.05) is 59.6 Å². The Morgan fingerprint density at radius 2 is 1.68 bits per heavy atom. The fourth-order valence-electron chi connectivity index (χ4n) is 2.25. The number of halogens is 2. The number of rotatable bonds is 6. The van der Waals surface area contributed by atoms with Crippen molar-refractivity contribution < 1.29 is 9.90 Å². The van der Waals surface area contributed by atoms with E-state index in [4.69, 9.17) is 28.3 Å². The van der Waals surface area contributed by atoms with Crippen LogP contribution in [0.2, 0.25) is 10.0 Å². The number of benzene rings is 2.